The Morgan fingerprint density at radius 2 is 2.04 bits per heavy atom. The topological polar surface area (TPSA) is 86.0 Å². The summed E-state index contributed by atoms with van der Waals surface area (Å²) in [6, 6.07) is 11.6. The molecule has 1 aromatic carbocycles. The number of nitrogens with one attached hydrogen (secondary N) is 1. The molecule has 2 aromatic heterocycles. The molecule has 0 saturated carbocycles. The van der Waals surface area contributed by atoms with Crippen LogP contribution in [0, 0.1) is 0 Å². The van der Waals surface area contributed by atoms with Gasteiger partial charge in [-0.05, 0) is 0 Å². The van der Waals surface area contributed by atoms with Crippen molar-refractivity contribution in [3.63, 3.8) is 0 Å². The lowest BCUT2D eigenvalue weighted by Gasteiger charge is -2.04. The van der Waals surface area contributed by atoms with E-state index >= 15 is 0 Å². The van der Waals surface area contributed by atoms with Crippen molar-refractivity contribution >= 4 is 5.82 Å². The molecule has 3 rings (SSSR count). The minimum Gasteiger partial charge on any atom is -0.378 e. The summed E-state index contributed by atoms with van der Waals surface area (Å²) in [5, 5.41) is 7.20. The van der Waals surface area contributed by atoms with E-state index in [4.69, 9.17) is 9.26 Å². The smallest absolute Gasteiger partial charge is 0.228 e. The second-order valence-electron chi connectivity index (χ2n) is 4.88. The largest absolute Gasteiger partial charge is 0.378 e. The van der Waals surface area contributed by atoms with Crippen LogP contribution in [0.5, 0.6) is 0 Å². The molecule has 0 radical (unpaired) electrons. The maximum atomic E-state index is 5.27. The Morgan fingerprint density at radius 3 is 2.87 bits per heavy atom. The minimum absolute atomic E-state index is 0.460. The van der Waals surface area contributed by atoms with E-state index in [9.17, 15) is 0 Å². The van der Waals surface area contributed by atoms with Crippen molar-refractivity contribution in [1.29, 1.82) is 0 Å². The van der Waals surface area contributed by atoms with Crippen LogP contribution >= 0.6 is 0 Å². The molecule has 7 heteroatoms. The van der Waals surface area contributed by atoms with E-state index in [0.29, 0.717) is 31.3 Å². The zero-order valence-electron chi connectivity index (χ0n) is 12.8. The molecule has 0 spiro atoms. The Morgan fingerprint density at radius 1 is 1.17 bits per heavy atom. The van der Waals surface area contributed by atoms with E-state index < -0.39 is 0 Å². The third-order valence-corrected chi connectivity index (χ3v) is 3.16. The first-order valence-corrected chi connectivity index (χ1v) is 7.27. The summed E-state index contributed by atoms with van der Waals surface area (Å²) in [4.78, 5) is 12.7. The molecule has 0 saturated heterocycles. The summed E-state index contributed by atoms with van der Waals surface area (Å²) >= 11 is 0. The number of hydrogen-bond acceptors (Lipinski definition) is 7. The van der Waals surface area contributed by atoms with Crippen molar-refractivity contribution in [3.05, 3.63) is 54.3 Å². The van der Waals surface area contributed by atoms with Crippen LogP contribution in [0.4, 0.5) is 5.82 Å². The van der Waals surface area contributed by atoms with Gasteiger partial charge < -0.3 is 14.6 Å². The van der Waals surface area contributed by atoms with Crippen LogP contribution in [0.2, 0.25) is 0 Å². The fourth-order valence-electron chi connectivity index (χ4n) is 2.08. The summed E-state index contributed by atoms with van der Waals surface area (Å²) in [7, 11) is 1.63. The monoisotopic (exact) mass is 311 g/mol. The molecule has 2 heterocycles. The van der Waals surface area contributed by atoms with Crippen molar-refractivity contribution in [2.45, 2.75) is 13.0 Å². The lowest BCUT2D eigenvalue weighted by atomic mass is 10.2. The molecule has 0 fully saturated rings. The van der Waals surface area contributed by atoms with Crippen LogP contribution < -0.4 is 5.32 Å². The Kier molecular flexibility index (Phi) is 4.90. The highest BCUT2D eigenvalue weighted by Gasteiger charge is 2.08. The SMILES string of the molecule is COCc1cc(NCCc2nc(-c3ccccc3)no2)ncn1. The average Bonchev–Trinajstić information content (AvgIpc) is 3.05. The van der Waals surface area contributed by atoms with E-state index in [2.05, 4.69) is 25.4 Å². The number of nitrogens with zero attached hydrogens (tertiary/aromatic N) is 4. The number of hydrogen-bond donors (Lipinski definition) is 1. The summed E-state index contributed by atoms with van der Waals surface area (Å²) in [5.41, 5.74) is 1.77. The highest BCUT2D eigenvalue weighted by Crippen LogP contribution is 2.15. The maximum absolute atomic E-state index is 5.27. The van der Waals surface area contributed by atoms with Gasteiger partial charge in [0.2, 0.25) is 11.7 Å². The molecule has 0 atom stereocenters. The second-order valence-corrected chi connectivity index (χ2v) is 4.88. The number of aromatic nitrogens is 4. The van der Waals surface area contributed by atoms with Gasteiger partial charge in [0.15, 0.2) is 0 Å². The molecule has 0 bridgehead atoms. The average molecular weight is 311 g/mol. The molecule has 0 aliphatic heterocycles. The predicted octanol–water partition coefficient (Wildman–Crippen LogP) is 2.33. The number of rotatable bonds is 7. The van der Waals surface area contributed by atoms with Gasteiger partial charge in [0.25, 0.3) is 0 Å². The number of benzene rings is 1. The first-order valence-electron chi connectivity index (χ1n) is 7.27. The van der Waals surface area contributed by atoms with Gasteiger partial charge in [-0.25, -0.2) is 9.97 Å². The summed E-state index contributed by atoms with van der Waals surface area (Å²) in [6.45, 7) is 1.10. The van der Waals surface area contributed by atoms with Gasteiger partial charge in [0.1, 0.15) is 12.1 Å². The molecule has 118 valence electrons. The quantitative estimate of drug-likeness (QED) is 0.716. The molecule has 0 aliphatic rings. The highest BCUT2D eigenvalue weighted by atomic mass is 16.5. The molecular weight excluding hydrogens is 294 g/mol. The third-order valence-electron chi connectivity index (χ3n) is 3.16. The Labute approximate surface area is 133 Å². The highest BCUT2D eigenvalue weighted by molar-refractivity contribution is 5.53. The van der Waals surface area contributed by atoms with Crippen LogP contribution in [-0.4, -0.2) is 33.8 Å². The number of methoxy groups -OCH3 is 1. The van der Waals surface area contributed by atoms with Crippen molar-refractivity contribution in [2.75, 3.05) is 19.0 Å². The standard InChI is InChI=1S/C16H17N5O2/c1-22-10-13-9-14(19-11-18-13)17-8-7-15-20-16(21-23-15)12-5-3-2-4-6-12/h2-6,9,11H,7-8,10H2,1H3,(H,17,18,19). The van der Waals surface area contributed by atoms with Crippen LogP contribution in [0.25, 0.3) is 11.4 Å². The van der Waals surface area contributed by atoms with Crippen molar-refractivity contribution in [1.82, 2.24) is 20.1 Å². The van der Waals surface area contributed by atoms with E-state index in [0.717, 1.165) is 17.1 Å². The first kappa shape index (κ1) is 15.1. The van der Waals surface area contributed by atoms with Gasteiger partial charge >= 0.3 is 0 Å². The first-order chi connectivity index (χ1) is 11.3. The molecular formula is C16H17N5O2. The van der Waals surface area contributed by atoms with E-state index in [-0.39, 0.29) is 0 Å². The molecule has 7 nitrogen and oxygen atoms in total. The molecule has 1 N–H and O–H groups in total. The lowest BCUT2D eigenvalue weighted by Crippen LogP contribution is -2.07. The second kappa shape index (κ2) is 7.46. The molecule has 0 aliphatic carbocycles. The fourth-order valence-corrected chi connectivity index (χ4v) is 2.08. The molecule has 0 unspecified atom stereocenters. The van der Waals surface area contributed by atoms with Crippen LogP contribution in [0.1, 0.15) is 11.6 Å². The minimum atomic E-state index is 0.460. The summed E-state index contributed by atoms with van der Waals surface area (Å²) < 4.78 is 10.3. The van der Waals surface area contributed by atoms with Crippen molar-refractivity contribution in [3.8, 4) is 11.4 Å². The predicted molar refractivity (Wildman–Crippen MR) is 84.7 cm³/mol. The Balaban J connectivity index is 1.55. The lowest BCUT2D eigenvalue weighted by molar-refractivity contribution is 0.181. The summed E-state index contributed by atoms with van der Waals surface area (Å²) in [6.07, 6.45) is 2.13. The normalized spacial score (nSPS) is 10.7. The van der Waals surface area contributed by atoms with Gasteiger partial charge in [0, 0.05) is 31.7 Å². The Hall–Kier alpha value is -2.80. The van der Waals surface area contributed by atoms with Crippen LogP contribution in [-0.2, 0) is 17.8 Å². The van der Waals surface area contributed by atoms with E-state index in [1.54, 1.807) is 7.11 Å². The maximum Gasteiger partial charge on any atom is 0.228 e. The van der Waals surface area contributed by atoms with Gasteiger partial charge in [0.05, 0.1) is 12.3 Å². The van der Waals surface area contributed by atoms with Gasteiger partial charge in [-0.3, -0.25) is 0 Å². The molecule has 0 amide bonds. The number of anilines is 1. The third kappa shape index (κ3) is 4.10. The van der Waals surface area contributed by atoms with Crippen LogP contribution in [0.3, 0.4) is 0 Å². The zero-order valence-corrected chi connectivity index (χ0v) is 12.8. The zero-order chi connectivity index (χ0) is 15.9. The van der Waals surface area contributed by atoms with Gasteiger partial charge in [-0.15, -0.1) is 0 Å². The van der Waals surface area contributed by atoms with Crippen LogP contribution in [0.15, 0.2) is 47.2 Å². The van der Waals surface area contributed by atoms with Gasteiger partial charge in [-0.2, -0.15) is 4.98 Å². The van der Waals surface area contributed by atoms with E-state index in [1.807, 2.05) is 36.4 Å². The van der Waals surface area contributed by atoms with Gasteiger partial charge in [-0.1, -0.05) is 35.5 Å². The molecule has 3 aromatic rings. The van der Waals surface area contributed by atoms with Crippen molar-refractivity contribution < 1.29 is 9.26 Å². The van der Waals surface area contributed by atoms with E-state index in [1.165, 1.54) is 6.33 Å². The Bertz CT molecular complexity index is 745. The fraction of sp³-hybridized carbons (Fsp3) is 0.250. The number of ether oxygens (including phenoxy) is 1. The summed E-state index contributed by atoms with van der Waals surface area (Å²) in [5.74, 6) is 1.93. The van der Waals surface area contributed by atoms with Crippen molar-refractivity contribution in [2.24, 2.45) is 0 Å². The molecule has 23 heavy (non-hydrogen) atoms.